The predicted octanol–water partition coefficient (Wildman–Crippen LogP) is 2.11. The third kappa shape index (κ3) is 2.10. The first-order valence-corrected chi connectivity index (χ1v) is 8.15. The molecule has 0 aliphatic heterocycles. The highest BCUT2D eigenvalue weighted by Gasteiger charge is 2.25. The highest BCUT2D eigenvalue weighted by atomic mass is 35.5. The van der Waals surface area contributed by atoms with Crippen LogP contribution in [0.1, 0.15) is 5.56 Å². The van der Waals surface area contributed by atoms with E-state index in [0.717, 1.165) is 0 Å². The first-order chi connectivity index (χ1) is 10.3. The summed E-state index contributed by atoms with van der Waals surface area (Å²) in [7, 11) is -4.11. The molecule has 0 aliphatic carbocycles. The molecule has 6 nitrogen and oxygen atoms in total. The molecule has 22 heavy (non-hydrogen) atoms. The number of halogens is 1. The largest absolute Gasteiger partial charge is 0.398 e. The minimum Gasteiger partial charge on any atom is -0.398 e. The van der Waals surface area contributed by atoms with Crippen LogP contribution in [0, 0.1) is 6.92 Å². The lowest BCUT2D eigenvalue weighted by molar-refractivity contribution is 0.587. The van der Waals surface area contributed by atoms with Crippen LogP contribution in [0.2, 0.25) is 5.02 Å². The Balaban J connectivity index is 2.40. The topological polar surface area (TPSA) is 97.9 Å². The van der Waals surface area contributed by atoms with E-state index >= 15 is 0 Å². The zero-order valence-corrected chi connectivity index (χ0v) is 13.1. The number of hydrogen-bond donors (Lipinski definition) is 2. The van der Waals surface area contributed by atoms with E-state index in [1.165, 1.54) is 18.2 Å². The zero-order chi connectivity index (χ0) is 16.1. The van der Waals surface area contributed by atoms with Gasteiger partial charge in [0.1, 0.15) is 4.90 Å². The Morgan fingerprint density at radius 1 is 1.23 bits per heavy atom. The van der Waals surface area contributed by atoms with Crippen molar-refractivity contribution < 1.29 is 8.42 Å². The summed E-state index contributed by atoms with van der Waals surface area (Å²) in [5.74, 6) is 0. The molecule has 0 fully saturated rings. The number of rotatable bonds is 2. The summed E-state index contributed by atoms with van der Waals surface area (Å²) in [6, 6.07) is 9.05. The number of aromatic amines is 1. The van der Waals surface area contributed by atoms with Gasteiger partial charge >= 0.3 is 5.69 Å². The molecule has 0 amide bonds. The minimum absolute atomic E-state index is 0.0518. The molecule has 8 heteroatoms. The molecule has 0 spiro atoms. The van der Waals surface area contributed by atoms with Crippen molar-refractivity contribution in [1.82, 2.24) is 8.96 Å². The number of nitrogens with two attached hydrogens (primary N) is 1. The Hall–Kier alpha value is -2.25. The Morgan fingerprint density at radius 2 is 1.91 bits per heavy atom. The SMILES string of the molecule is Cc1cc2c(cc1N)[nH]c(=O)n2S(=O)(=O)c1ccccc1Cl. The van der Waals surface area contributed by atoms with Crippen molar-refractivity contribution in [3.63, 3.8) is 0 Å². The molecule has 3 N–H and O–H groups in total. The van der Waals surface area contributed by atoms with Crippen molar-refractivity contribution in [2.45, 2.75) is 11.8 Å². The van der Waals surface area contributed by atoms with E-state index in [9.17, 15) is 13.2 Å². The van der Waals surface area contributed by atoms with E-state index in [4.69, 9.17) is 17.3 Å². The van der Waals surface area contributed by atoms with E-state index < -0.39 is 15.7 Å². The van der Waals surface area contributed by atoms with Gasteiger partial charge in [-0.2, -0.15) is 3.97 Å². The summed E-state index contributed by atoms with van der Waals surface area (Å²) < 4.78 is 26.3. The van der Waals surface area contributed by atoms with Gasteiger partial charge in [-0.3, -0.25) is 0 Å². The fourth-order valence-corrected chi connectivity index (χ4v) is 4.11. The van der Waals surface area contributed by atoms with Crippen molar-refractivity contribution in [2.75, 3.05) is 5.73 Å². The third-order valence-corrected chi connectivity index (χ3v) is 5.58. The molecule has 0 bridgehead atoms. The summed E-state index contributed by atoms with van der Waals surface area (Å²) in [6.07, 6.45) is 0. The van der Waals surface area contributed by atoms with Crippen molar-refractivity contribution in [1.29, 1.82) is 0 Å². The van der Waals surface area contributed by atoms with Crippen LogP contribution in [0.5, 0.6) is 0 Å². The number of hydrogen-bond acceptors (Lipinski definition) is 4. The lowest BCUT2D eigenvalue weighted by Gasteiger charge is -2.08. The summed E-state index contributed by atoms with van der Waals surface area (Å²) in [5.41, 5.74) is 6.75. The molecule has 3 aromatic rings. The normalized spacial score (nSPS) is 11.9. The molecule has 0 aliphatic rings. The second-order valence-corrected chi connectivity index (χ2v) is 7.02. The van der Waals surface area contributed by atoms with E-state index in [-0.39, 0.29) is 15.4 Å². The van der Waals surface area contributed by atoms with Crippen LogP contribution >= 0.6 is 11.6 Å². The van der Waals surface area contributed by atoms with Crippen LogP contribution in [-0.4, -0.2) is 17.4 Å². The van der Waals surface area contributed by atoms with E-state index in [0.29, 0.717) is 20.7 Å². The molecule has 0 atom stereocenters. The van der Waals surface area contributed by atoms with Crippen LogP contribution in [0.4, 0.5) is 5.69 Å². The smallest absolute Gasteiger partial charge is 0.340 e. The highest BCUT2D eigenvalue weighted by molar-refractivity contribution is 7.90. The van der Waals surface area contributed by atoms with Crippen molar-refractivity contribution in [3.8, 4) is 0 Å². The quantitative estimate of drug-likeness (QED) is 0.700. The van der Waals surface area contributed by atoms with Crippen LogP contribution in [0.3, 0.4) is 0 Å². The number of aryl methyl sites for hydroxylation is 1. The molecule has 1 heterocycles. The van der Waals surface area contributed by atoms with Crippen molar-refractivity contribution in [2.24, 2.45) is 0 Å². The first kappa shape index (κ1) is 14.7. The van der Waals surface area contributed by atoms with Gasteiger partial charge in [-0.05, 0) is 36.8 Å². The van der Waals surface area contributed by atoms with Gasteiger partial charge in [0.15, 0.2) is 0 Å². The van der Waals surface area contributed by atoms with E-state index in [1.54, 1.807) is 25.1 Å². The lowest BCUT2D eigenvalue weighted by atomic mass is 10.2. The van der Waals surface area contributed by atoms with Gasteiger partial charge in [0.2, 0.25) is 0 Å². The van der Waals surface area contributed by atoms with Crippen LogP contribution < -0.4 is 11.4 Å². The average Bonchev–Trinajstić information content (AvgIpc) is 2.75. The maximum atomic E-state index is 12.8. The second-order valence-electron chi connectivity index (χ2n) is 4.86. The van der Waals surface area contributed by atoms with Crippen LogP contribution in [0.25, 0.3) is 11.0 Å². The Labute approximate surface area is 131 Å². The van der Waals surface area contributed by atoms with Gasteiger partial charge in [0.05, 0.1) is 16.1 Å². The lowest BCUT2D eigenvalue weighted by Crippen LogP contribution is -2.25. The maximum Gasteiger partial charge on any atom is 0.340 e. The average molecular weight is 338 g/mol. The molecule has 1 aromatic heterocycles. The third-order valence-electron chi connectivity index (χ3n) is 3.38. The Bertz CT molecular complexity index is 1050. The first-order valence-electron chi connectivity index (χ1n) is 6.33. The fourth-order valence-electron chi connectivity index (χ4n) is 2.24. The fraction of sp³-hybridized carbons (Fsp3) is 0.0714. The minimum atomic E-state index is -4.11. The number of aromatic nitrogens is 2. The number of benzene rings is 2. The standard InChI is InChI=1S/C14H12ClN3O3S/c1-8-6-12-11(7-10(8)16)17-14(19)18(12)22(20,21)13-5-3-2-4-9(13)15/h2-7H,16H2,1H3,(H,17,19). The molecular weight excluding hydrogens is 326 g/mol. The summed E-state index contributed by atoms with van der Waals surface area (Å²) in [5, 5.41) is 0.0518. The molecule has 0 saturated heterocycles. The summed E-state index contributed by atoms with van der Waals surface area (Å²) in [4.78, 5) is 14.5. The van der Waals surface area contributed by atoms with E-state index in [1.807, 2.05) is 0 Å². The number of nitrogen functional groups attached to an aromatic ring is 1. The van der Waals surface area contributed by atoms with Crippen molar-refractivity contribution in [3.05, 3.63) is 57.5 Å². The Kier molecular flexibility index (Phi) is 3.26. The molecule has 0 unspecified atom stereocenters. The number of nitrogens with one attached hydrogen (secondary N) is 1. The number of fused-ring (bicyclic) bond motifs is 1. The highest BCUT2D eigenvalue weighted by Crippen LogP contribution is 2.26. The summed E-state index contributed by atoms with van der Waals surface area (Å²) >= 11 is 5.96. The molecular formula is C14H12ClN3O3S. The molecule has 0 radical (unpaired) electrons. The molecule has 0 saturated carbocycles. The van der Waals surface area contributed by atoms with Crippen molar-refractivity contribution >= 4 is 38.3 Å². The molecule has 114 valence electrons. The van der Waals surface area contributed by atoms with Gasteiger partial charge in [-0.1, -0.05) is 23.7 Å². The van der Waals surface area contributed by atoms with E-state index in [2.05, 4.69) is 4.98 Å². The summed E-state index contributed by atoms with van der Waals surface area (Å²) in [6.45, 7) is 1.73. The molecule has 2 aromatic carbocycles. The molecule has 3 rings (SSSR count). The van der Waals surface area contributed by atoms with Gasteiger partial charge in [-0.25, -0.2) is 13.2 Å². The van der Waals surface area contributed by atoms with Crippen LogP contribution in [-0.2, 0) is 10.0 Å². The van der Waals surface area contributed by atoms with Gasteiger partial charge in [0, 0.05) is 5.69 Å². The number of H-pyrrole nitrogens is 1. The number of anilines is 1. The predicted molar refractivity (Wildman–Crippen MR) is 85.7 cm³/mol. The van der Waals surface area contributed by atoms with Crippen LogP contribution in [0.15, 0.2) is 46.1 Å². The second kappa shape index (κ2) is 4.89. The van der Waals surface area contributed by atoms with Gasteiger partial charge in [-0.15, -0.1) is 0 Å². The Morgan fingerprint density at radius 3 is 2.59 bits per heavy atom. The zero-order valence-electron chi connectivity index (χ0n) is 11.5. The maximum absolute atomic E-state index is 12.8. The van der Waals surface area contributed by atoms with Gasteiger partial charge in [0.25, 0.3) is 10.0 Å². The number of imidazole rings is 1. The van der Waals surface area contributed by atoms with Gasteiger partial charge < -0.3 is 10.7 Å². The monoisotopic (exact) mass is 337 g/mol. The number of nitrogens with zero attached hydrogens (tertiary/aromatic N) is 1.